The zero-order chi connectivity index (χ0) is 10.4. The van der Waals surface area contributed by atoms with Crippen molar-refractivity contribution >= 4 is 23.5 Å². The Morgan fingerprint density at radius 3 is 2.79 bits per heavy atom. The minimum Gasteiger partial charge on any atom is -0.507 e. The van der Waals surface area contributed by atoms with Gasteiger partial charge in [-0.2, -0.15) is 5.10 Å². The average molecular weight is 211 g/mol. The van der Waals surface area contributed by atoms with E-state index in [1.165, 1.54) is 6.21 Å². The van der Waals surface area contributed by atoms with Crippen LogP contribution in [0.1, 0.15) is 5.56 Å². The molecule has 0 fully saturated rings. The summed E-state index contributed by atoms with van der Waals surface area (Å²) in [5, 5.41) is 21.3. The molecular formula is C8H9N3O2S. The maximum Gasteiger partial charge on any atom is 0.211 e. The molecular weight excluding hydrogens is 202 g/mol. The van der Waals surface area contributed by atoms with Gasteiger partial charge >= 0.3 is 0 Å². The number of phenols is 1. The number of para-hydroxylation sites is 1. The Labute approximate surface area is 86.0 Å². The van der Waals surface area contributed by atoms with E-state index in [1.807, 2.05) is 0 Å². The molecule has 0 aliphatic carbocycles. The number of thiocarbonyl (C=S) groups is 1. The second kappa shape index (κ2) is 5.15. The summed E-state index contributed by atoms with van der Waals surface area (Å²) in [4.78, 5) is 0. The van der Waals surface area contributed by atoms with Crippen molar-refractivity contribution in [1.82, 2.24) is 10.9 Å². The van der Waals surface area contributed by atoms with Crippen LogP contribution in [0.15, 0.2) is 29.4 Å². The summed E-state index contributed by atoms with van der Waals surface area (Å²) >= 11 is 4.56. The summed E-state index contributed by atoms with van der Waals surface area (Å²) in [6, 6.07) is 6.71. The monoisotopic (exact) mass is 211 g/mol. The SMILES string of the molecule is ONC(=S)N/N=C/c1ccccc1O. The van der Waals surface area contributed by atoms with Gasteiger partial charge in [0, 0.05) is 5.56 Å². The van der Waals surface area contributed by atoms with Crippen LogP contribution in [0.5, 0.6) is 5.75 Å². The number of nitrogens with one attached hydrogen (secondary N) is 2. The summed E-state index contributed by atoms with van der Waals surface area (Å²) in [6.07, 6.45) is 1.39. The fourth-order valence-electron chi connectivity index (χ4n) is 0.782. The van der Waals surface area contributed by atoms with Crippen LogP contribution in [-0.4, -0.2) is 21.6 Å². The molecule has 0 heterocycles. The van der Waals surface area contributed by atoms with Crippen LogP contribution < -0.4 is 10.9 Å². The van der Waals surface area contributed by atoms with Crippen molar-refractivity contribution in [2.75, 3.05) is 0 Å². The Hall–Kier alpha value is -1.66. The lowest BCUT2D eigenvalue weighted by Gasteiger charge is -1.99. The van der Waals surface area contributed by atoms with E-state index in [0.717, 1.165) is 0 Å². The third-order valence-corrected chi connectivity index (χ3v) is 1.59. The number of benzene rings is 1. The number of hydrogen-bond acceptors (Lipinski definition) is 4. The van der Waals surface area contributed by atoms with E-state index in [2.05, 4.69) is 22.7 Å². The molecule has 0 atom stereocenters. The summed E-state index contributed by atoms with van der Waals surface area (Å²) in [5.41, 5.74) is 4.60. The Morgan fingerprint density at radius 1 is 1.43 bits per heavy atom. The van der Waals surface area contributed by atoms with Crippen LogP contribution in [0.3, 0.4) is 0 Å². The van der Waals surface area contributed by atoms with Gasteiger partial charge < -0.3 is 5.11 Å². The van der Waals surface area contributed by atoms with E-state index in [0.29, 0.717) is 5.56 Å². The van der Waals surface area contributed by atoms with Crippen LogP contribution in [0.2, 0.25) is 0 Å². The lowest BCUT2D eigenvalue weighted by Crippen LogP contribution is -2.28. The molecule has 0 unspecified atom stereocenters. The first-order valence-corrected chi connectivity index (χ1v) is 4.16. The van der Waals surface area contributed by atoms with Crippen molar-refractivity contribution in [3.8, 4) is 5.75 Å². The van der Waals surface area contributed by atoms with Gasteiger partial charge in [0.15, 0.2) is 0 Å². The molecule has 1 aromatic carbocycles. The van der Waals surface area contributed by atoms with Crippen molar-refractivity contribution in [2.24, 2.45) is 5.10 Å². The molecule has 74 valence electrons. The van der Waals surface area contributed by atoms with Gasteiger partial charge in [0.2, 0.25) is 5.11 Å². The summed E-state index contributed by atoms with van der Waals surface area (Å²) in [5.74, 6) is 0.126. The van der Waals surface area contributed by atoms with Gasteiger partial charge in [0.1, 0.15) is 5.75 Å². The van der Waals surface area contributed by atoms with Gasteiger partial charge in [0.05, 0.1) is 6.21 Å². The molecule has 5 nitrogen and oxygen atoms in total. The van der Waals surface area contributed by atoms with E-state index in [-0.39, 0.29) is 10.9 Å². The molecule has 14 heavy (non-hydrogen) atoms. The van der Waals surface area contributed by atoms with Crippen LogP contribution in [0.25, 0.3) is 0 Å². The summed E-state index contributed by atoms with van der Waals surface area (Å²) in [7, 11) is 0. The maximum absolute atomic E-state index is 9.32. The number of rotatable bonds is 2. The molecule has 0 aliphatic heterocycles. The molecule has 0 spiro atoms. The fourth-order valence-corrected chi connectivity index (χ4v) is 0.835. The Morgan fingerprint density at radius 2 is 2.14 bits per heavy atom. The van der Waals surface area contributed by atoms with Crippen molar-refractivity contribution in [3.63, 3.8) is 0 Å². The van der Waals surface area contributed by atoms with Crippen molar-refractivity contribution in [3.05, 3.63) is 29.8 Å². The number of hydroxylamine groups is 1. The molecule has 0 amide bonds. The number of aromatic hydroxyl groups is 1. The molecule has 4 N–H and O–H groups in total. The number of phenolic OH excluding ortho intramolecular Hbond substituents is 1. The summed E-state index contributed by atoms with van der Waals surface area (Å²) < 4.78 is 0. The standard InChI is InChI=1S/C8H9N3O2S/c12-7-4-2-1-3-6(7)5-9-10-8(14)11-13/h1-5,12-13H,(H2,10,11,14)/b9-5+. The minimum absolute atomic E-state index is 0.0170. The lowest BCUT2D eigenvalue weighted by molar-refractivity contribution is 0.233. The molecule has 1 aromatic rings. The third-order valence-electron chi connectivity index (χ3n) is 1.41. The van der Waals surface area contributed by atoms with Gasteiger partial charge in [-0.1, -0.05) is 12.1 Å². The highest BCUT2D eigenvalue weighted by Crippen LogP contribution is 2.12. The maximum atomic E-state index is 9.32. The van der Waals surface area contributed by atoms with Crippen LogP contribution in [0, 0.1) is 0 Å². The summed E-state index contributed by atoms with van der Waals surface area (Å²) in [6.45, 7) is 0. The first-order chi connectivity index (χ1) is 6.74. The normalized spacial score (nSPS) is 10.1. The number of nitrogens with zero attached hydrogens (tertiary/aromatic N) is 1. The predicted molar refractivity (Wildman–Crippen MR) is 56.4 cm³/mol. The van der Waals surface area contributed by atoms with Crippen LogP contribution in [-0.2, 0) is 0 Å². The van der Waals surface area contributed by atoms with Crippen molar-refractivity contribution in [2.45, 2.75) is 0 Å². The van der Waals surface area contributed by atoms with E-state index in [4.69, 9.17) is 5.21 Å². The highest BCUT2D eigenvalue weighted by molar-refractivity contribution is 7.80. The number of hydrogen-bond donors (Lipinski definition) is 4. The van der Waals surface area contributed by atoms with E-state index >= 15 is 0 Å². The first-order valence-electron chi connectivity index (χ1n) is 3.75. The minimum atomic E-state index is -0.0170. The Kier molecular flexibility index (Phi) is 3.84. The Balaban J connectivity index is 2.60. The van der Waals surface area contributed by atoms with Gasteiger partial charge in [-0.05, 0) is 24.4 Å². The second-order valence-electron chi connectivity index (χ2n) is 2.37. The predicted octanol–water partition coefficient (Wildman–Crippen LogP) is 0.579. The lowest BCUT2D eigenvalue weighted by atomic mass is 10.2. The van der Waals surface area contributed by atoms with E-state index in [1.54, 1.807) is 29.7 Å². The van der Waals surface area contributed by atoms with E-state index < -0.39 is 0 Å². The third kappa shape index (κ3) is 3.00. The van der Waals surface area contributed by atoms with Crippen molar-refractivity contribution < 1.29 is 10.3 Å². The average Bonchev–Trinajstić information content (AvgIpc) is 2.20. The van der Waals surface area contributed by atoms with Crippen LogP contribution >= 0.6 is 12.2 Å². The zero-order valence-electron chi connectivity index (χ0n) is 7.14. The molecule has 0 bridgehead atoms. The first kappa shape index (κ1) is 10.4. The highest BCUT2D eigenvalue weighted by atomic mass is 32.1. The number of hydrazone groups is 1. The van der Waals surface area contributed by atoms with Crippen LogP contribution in [0.4, 0.5) is 0 Å². The smallest absolute Gasteiger partial charge is 0.211 e. The highest BCUT2D eigenvalue weighted by Gasteiger charge is 1.94. The van der Waals surface area contributed by atoms with Gasteiger partial charge in [0.25, 0.3) is 0 Å². The topological polar surface area (TPSA) is 76.9 Å². The van der Waals surface area contributed by atoms with Gasteiger partial charge in [-0.25, -0.2) is 5.48 Å². The fraction of sp³-hybridized carbons (Fsp3) is 0. The Bertz CT molecular complexity index is 354. The molecule has 0 radical (unpaired) electrons. The molecule has 0 aliphatic rings. The molecule has 0 saturated carbocycles. The largest absolute Gasteiger partial charge is 0.507 e. The molecule has 0 aromatic heterocycles. The van der Waals surface area contributed by atoms with E-state index in [9.17, 15) is 5.11 Å². The zero-order valence-corrected chi connectivity index (χ0v) is 7.95. The molecule has 6 heteroatoms. The van der Waals surface area contributed by atoms with Crippen molar-refractivity contribution in [1.29, 1.82) is 0 Å². The molecule has 1 rings (SSSR count). The van der Waals surface area contributed by atoms with Gasteiger partial charge in [-0.3, -0.25) is 10.6 Å². The molecule has 0 saturated heterocycles. The van der Waals surface area contributed by atoms with Gasteiger partial charge in [-0.15, -0.1) is 0 Å². The second-order valence-corrected chi connectivity index (χ2v) is 2.78. The quantitative estimate of drug-likeness (QED) is 0.327.